The fourth-order valence-electron chi connectivity index (χ4n) is 2.83. The largest absolute Gasteiger partial charge is 0.480 e. The predicted molar refractivity (Wildman–Crippen MR) is 101 cm³/mol. The first-order chi connectivity index (χ1) is 12.7. The number of carbonyl (C=O) groups is 2. The number of carbonyl (C=O) groups excluding carboxylic acids is 1. The Morgan fingerprint density at radius 2 is 1.85 bits per heavy atom. The number of carboxylic acid groups (broad SMARTS) is 1. The quantitative estimate of drug-likeness (QED) is 0.721. The maximum absolute atomic E-state index is 12.3. The van der Waals surface area contributed by atoms with Crippen LogP contribution in [0.15, 0.2) is 21.3 Å². The van der Waals surface area contributed by atoms with Gasteiger partial charge in [-0.3, -0.25) is 4.79 Å². The van der Waals surface area contributed by atoms with Gasteiger partial charge < -0.3 is 19.6 Å². The van der Waals surface area contributed by atoms with Crippen LogP contribution in [0.5, 0.6) is 5.75 Å². The van der Waals surface area contributed by atoms with Gasteiger partial charge in [0, 0.05) is 16.5 Å². The van der Waals surface area contributed by atoms with E-state index in [1.807, 2.05) is 13.8 Å². The Morgan fingerprint density at radius 1 is 1.19 bits per heavy atom. The standard InChI is InChI=1S/C20H25NO6/c1-6-7-15(19(23)24)21-18(22)13(5)26-16-9-8-14-10(2)11(3)20(25)27-17(14)12(16)4/h8-9,13,15H,6-7H2,1-5H3,(H,21,22)(H,23,24). The van der Waals surface area contributed by atoms with E-state index in [0.29, 0.717) is 35.3 Å². The first-order valence-corrected chi connectivity index (χ1v) is 8.90. The summed E-state index contributed by atoms with van der Waals surface area (Å²) < 4.78 is 11.1. The number of aliphatic carboxylic acids is 1. The van der Waals surface area contributed by atoms with Gasteiger partial charge >= 0.3 is 11.6 Å². The van der Waals surface area contributed by atoms with Crippen LogP contribution in [0.4, 0.5) is 0 Å². The molecule has 1 aromatic heterocycles. The van der Waals surface area contributed by atoms with Crippen molar-refractivity contribution in [1.29, 1.82) is 0 Å². The van der Waals surface area contributed by atoms with Crippen LogP contribution in [0.1, 0.15) is 43.4 Å². The molecule has 1 aromatic carbocycles. The van der Waals surface area contributed by atoms with Crippen LogP contribution in [0.25, 0.3) is 11.0 Å². The molecule has 0 fully saturated rings. The molecule has 0 radical (unpaired) electrons. The third-order valence-electron chi connectivity index (χ3n) is 4.69. The lowest BCUT2D eigenvalue weighted by atomic mass is 10.0. The Hall–Kier alpha value is -2.83. The Labute approximate surface area is 157 Å². The molecule has 146 valence electrons. The minimum Gasteiger partial charge on any atom is -0.480 e. The average molecular weight is 375 g/mol. The number of hydrogen-bond acceptors (Lipinski definition) is 5. The van der Waals surface area contributed by atoms with Gasteiger partial charge in [0.2, 0.25) is 0 Å². The zero-order chi connectivity index (χ0) is 20.3. The normalized spacial score (nSPS) is 13.2. The molecule has 0 saturated carbocycles. The number of nitrogens with one attached hydrogen (secondary N) is 1. The molecular weight excluding hydrogens is 350 g/mol. The lowest BCUT2D eigenvalue weighted by Crippen LogP contribution is -2.46. The highest BCUT2D eigenvalue weighted by Gasteiger charge is 2.24. The molecule has 0 spiro atoms. The van der Waals surface area contributed by atoms with Gasteiger partial charge in [-0.2, -0.15) is 0 Å². The SMILES string of the molecule is CCCC(NC(=O)C(C)Oc1ccc2c(C)c(C)c(=O)oc2c1C)C(=O)O. The first-order valence-electron chi connectivity index (χ1n) is 8.90. The van der Waals surface area contributed by atoms with Gasteiger partial charge in [-0.1, -0.05) is 13.3 Å². The van der Waals surface area contributed by atoms with Gasteiger partial charge in [0.05, 0.1) is 0 Å². The van der Waals surface area contributed by atoms with Crippen molar-refractivity contribution in [3.63, 3.8) is 0 Å². The summed E-state index contributed by atoms with van der Waals surface area (Å²) in [6.07, 6.45) is 0.0684. The first kappa shape index (κ1) is 20.5. The number of aryl methyl sites for hydroxylation is 2. The molecule has 0 saturated heterocycles. The van der Waals surface area contributed by atoms with E-state index >= 15 is 0 Å². The third-order valence-corrected chi connectivity index (χ3v) is 4.69. The molecule has 0 aliphatic carbocycles. The van der Waals surface area contributed by atoms with E-state index in [9.17, 15) is 14.4 Å². The van der Waals surface area contributed by atoms with Gasteiger partial charge in [0.15, 0.2) is 6.10 Å². The molecule has 1 amide bonds. The van der Waals surface area contributed by atoms with E-state index in [1.165, 1.54) is 0 Å². The summed E-state index contributed by atoms with van der Waals surface area (Å²) in [5, 5.41) is 12.5. The summed E-state index contributed by atoms with van der Waals surface area (Å²) in [5.41, 5.74) is 2.01. The highest BCUT2D eigenvalue weighted by molar-refractivity contribution is 5.87. The van der Waals surface area contributed by atoms with Crippen LogP contribution in [0.2, 0.25) is 0 Å². The second-order valence-electron chi connectivity index (χ2n) is 6.65. The third kappa shape index (κ3) is 4.30. The lowest BCUT2D eigenvalue weighted by molar-refractivity contribution is -0.143. The van der Waals surface area contributed by atoms with Crippen molar-refractivity contribution in [2.75, 3.05) is 0 Å². The summed E-state index contributed by atoms with van der Waals surface area (Å²) >= 11 is 0. The van der Waals surface area contributed by atoms with E-state index in [4.69, 9.17) is 14.3 Å². The summed E-state index contributed by atoms with van der Waals surface area (Å²) in [4.78, 5) is 35.5. The topological polar surface area (TPSA) is 106 Å². The van der Waals surface area contributed by atoms with Crippen LogP contribution >= 0.6 is 0 Å². The molecule has 2 rings (SSSR count). The Kier molecular flexibility index (Phi) is 6.25. The fraction of sp³-hybridized carbons (Fsp3) is 0.450. The van der Waals surface area contributed by atoms with Crippen molar-refractivity contribution in [3.05, 3.63) is 39.2 Å². The van der Waals surface area contributed by atoms with Crippen LogP contribution in [-0.4, -0.2) is 29.1 Å². The van der Waals surface area contributed by atoms with Crippen LogP contribution in [-0.2, 0) is 9.59 Å². The van der Waals surface area contributed by atoms with Crippen LogP contribution < -0.4 is 15.7 Å². The minimum atomic E-state index is -1.08. The van der Waals surface area contributed by atoms with Crippen molar-refractivity contribution in [2.45, 2.75) is 59.6 Å². The summed E-state index contributed by atoms with van der Waals surface area (Å²) in [5.74, 6) is -1.19. The molecule has 0 aliphatic heterocycles. The van der Waals surface area contributed by atoms with Crippen molar-refractivity contribution in [1.82, 2.24) is 5.32 Å². The fourth-order valence-corrected chi connectivity index (χ4v) is 2.83. The van der Waals surface area contributed by atoms with Crippen molar-refractivity contribution >= 4 is 22.8 Å². The maximum atomic E-state index is 12.3. The van der Waals surface area contributed by atoms with Crippen molar-refractivity contribution < 1.29 is 23.8 Å². The molecule has 7 nitrogen and oxygen atoms in total. The smallest absolute Gasteiger partial charge is 0.339 e. The molecular formula is C20H25NO6. The second-order valence-corrected chi connectivity index (χ2v) is 6.65. The number of carboxylic acids is 1. The van der Waals surface area contributed by atoms with E-state index in [0.717, 1.165) is 10.9 Å². The number of benzene rings is 1. The molecule has 0 aliphatic rings. The van der Waals surface area contributed by atoms with Gasteiger partial charge in [-0.25, -0.2) is 9.59 Å². The highest BCUT2D eigenvalue weighted by Crippen LogP contribution is 2.29. The molecule has 1 heterocycles. The lowest BCUT2D eigenvalue weighted by Gasteiger charge is -2.20. The summed E-state index contributed by atoms with van der Waals surface area (Å²) in [6.45, 7) is 8.70. The van der Waals surface area contributed by atoms with E-state index < -0.39 is 29.6 Å². The predicted octanol–water partition coefficient (Wildman–Crippen LogP) is 2.86. The van der Waals surface area contributed by atoms with E-state index in [1.54, 1.807) is 32.9 Å². The number of fused-ring (bicyclic) bond motifs is 1. The summed E-state index contributed by atoms with van der Waals surface area (Å²) in [6, 6.07) is 2.55. The molecule has 2 N–H and O–H groups in total. The number of ether oxygens (including phenoxy) is 1. The highest BCUT2D eigenvalue weighted by atomic mass is 16.5. The number of rotatable bonds is 7. The molecule has 2 unspecified atom stereocenters. The zero-order valence-corrected chi connectivity index (χ0v) is 16.2. The molecule has 27 heavy (non-hydrogen) atoms. The van der Waals surface area contributed by atoms with Crippen molar-refractivity contribution in [2.24, 2.45) is 0 Å². The minimum absolute atomic E-state index is 0.340. The second kappa shape index (κ2) is 8.24. The molecule has 7 heteroatoms. The monoisotopic (exact) mass is 375 g/mol. The number of amides is 1. The Bertz CT molecular complexity index is 930. The van der Waals surface area contributed by atoms with E-state index in [2.05, 4.69) is 5.32 Å². The van der Waals surface area contributed by atoms with Gasteiger partial charge in [0.1, 0.15) is 17.4 Å². The van der Waals surface area contributed by atoms with Crippen LogP contribution in [0, 0.1) is 20.8 Å². The zero-order valence-electron chi connectivity index (χ0n) is 16.2. The average Bonchev–Trinajstić information content (AvgIpc) is 2.62. The molecule has 2 atom stereocenters. The van der Waals surface area contributed by atoms with Gasteiger partial charge in [0.25, 0.3) is 5.91 Å². The molecule has 0 bridgehead atoms. The van der Waals surface area contributed by atoms with Gasteiger partial charge in [-0.15, -0.1) is 0 Å². The number of hydrogen-bond donors (Lipinski definition) is 2. The Balaban J connectivity index is 2.26. The maximum Gasteiger partial charge on any atom is 0.339 e. The van der Waals surface area contributed by atoms with Crippen molar-refractivity contribution in [3.8, 4) is 5.75 Å². The Morgan fingerprint density at radius 3 is 2.44 bits per heavy atom. The van der Waals surface area contributed by atoms with E-state index in [-0.39, 0.29) is 0 Å². The van der Waals surface area contributed by atoms with Gasteiger partial charge in [-0.05, 0) is 51.8 Å². The van der Waals surface area contributed by atoms with Crippen LogP contribution in [0.3, 0.4) is 0 Å². The summed E-state index contributed by atoms with van der Waals surface area (Å²) in [7, 11) is 0. The molecule has 2 aromatic rings.